The number of rotatable bonds is 5. The zero-order valence-corrected chi connectivity index (χ0v) is 11.9. The van der Waals surface area contributed by atoms with Crippen molar-refractivity contribution in [1.82, 2.24) is 0 Å². The maximum Gasteiger partial charge on any atom is 0.170 e. The molecule has 0 amide bonds. The van der Waals surface area contributed by atoms with Crippen LogP contribution in [0.5, 0.6) is 0 Å². The summed E-state index contributed by atoms with van der Waals surface area (Å²) in [5.74, 6) is -0.913. The number of allylic oxidation sites excluding steroid dienone is 3. The van der Waals surface area contributed by atoms with Gasteiger partial charge in [0.1, 0.15) is 17.6 Å². The maximum atomic E-state index is 12.0. The molecule has 0 saturated heterocycles. The van der Waals surface area contributed by atoms with E-state index in [2.05, 4.69) is 0 Å². The van der Waals surface area contributed by atoms with Crippen molar-refractivity contribution in [2.45, 2.75) is 46.6 Å². The molecule has 1 rings (SSSR count). The molecule has 0 fully saturated rings. The zero-order valence-electron chi connectivity index (χ0n) is 11.9. The lowest BCUT2D eigenvalue weighted by atomic mass is 10.0. The summed E-state index contributed by atoms with van der Waals surface area (Å²) in [6.45, 7) is 7.56. The molecule has 0 aromatic heterocycles. The summed E-state index contributed by atoms with van der Waals surface area (Å²) in [5.41, 5.74) is 1.19. The van der Waals surface area contributed by atoms with Crippen LogP contribution in [0.3, 0.4) is 0 Å². The van der Waals surface area contributed by atoms with Gasteiger partial charge in [-0.3, -0.25) is 4.79 Å². The molecule has 0 aliphatic heterocycles. The first-order valence-electron chi connectivity index (χ1n) is 6.45. The average molecular weight is 266 g/mol. The normalized spacial score (nSPS) is 19.4. The lowest BCUT2D eigenvalue weighted by Gasteiger charge is -2.06. The van der Waals surface area contributed by atoms with E-state index >= 15 is 0 Å². The molecule has 1 unspecified atom stereocenters. The Labute approximate surface area is 113 Å². The number of carbonyl (C=O) groups excluding carboxylic acids is 1. The Kier molecular flexibility index (Phi) is 4.95. The van der Waals surface area contributed by atoms with Crippen LogP contribution in [0.2, 0.25) is 0 Å². The number of Topliss-reactive ketones (excluding diaryl/α,β-unsaturated/α-hetero) is 1. The first-order valence-corrected chi connectivity index (χ1v) is 6.45. The number of hydrogen-bond acceptors (Lipinski definition) is 4. The highest BCUT2D eigenvalue weighted by Gasteiger charge is 2.35. The molecule has 0 aromatic rings. The minimum absolute atomic E-state index is 0.125. The number of carbonyl (C=O) groups is 1. The van der Waals surface area contributed by atoms with Crippen LogP contribution in [0.4, 0.5) is 0 Å². The fourth-order valence-corrected chi connectivity index (χ4v) is 1.98. The quantitative estimate of drug-likeness (QED) is 0.668. The van der Waals surface area contributed by atoms with Crippen LogP contribution < -0.4 is 0 Å². The molecule has 1 aliphatic carbocycles. The Balaban J connectivity index is 3.03. The molecule has 1 aliphatic rings. The van der Waals surface area contributed by atoms with Crippen LogP contribution in [0, 0.1) is 5.92 Å². The summed E-state index contributed by atoms with van der Waals surface area (Å²) in [6.07, 6.45) is 1.10. The van der Waals surface area contributed by atoms with Crippen LogP contribution in [-0.4, -0.2) is 27.2 Å². The van der Waals surface area contributed by atoms with Crippen LogP contribution in [-0.2, 0) is 4.79 Å². The molecule has 4 nitrogen and oxygen atoms in total. The number of aliphatic hydroxyl groups is 3. The van der Waals surface area contributed by atoms with Crippen LogP contribution in [0.15, 0.2) is 34.3 Å². The molecule has 0 heterocycles. The molecule has 3 N–H and O–H groups in total. The van der Waals surface area contributed by atoms with E-state index < -0.39 is 11.9 Å². The van der Waals surface area contributed by atoms with Crippen molar-refractivity contribution in [3.63, 3.8) is 0 Å². The largest absolute Gasteiger partial charge is 0.508 e. The fourth-order valence-electron chi connectivity index (χ4n) is 1.98. The van der Waals surface area contributed by atoms with Gasteiger partial charge in [-0.15, -0.1) is 0 Å². The van der Waals surface area contributed by atoms with E-state index in [9.17, 15) is 20.1 Å². The minimum Gasteiger partial charge on any atom is -0.508 e. The standard InChI is InChI=1S/C15H22O4/c1-8(2)5-6-10-13(17)12(15(19)14(10)18)11(16)7-9(3)4/h5,9,14,17-19H,6-7H2,1-4H3. The Hall–Kier alpha value is -1.55. The third-order valence-electron chi connectivity index (χ3n) is 2.99. The molecule has 4 heteroatoms. The second-order valence-corrected chi connectivity index (χ2v) is 5.54. The van der Waals surface area contributed by atoms with Crippen LogP contribution in [0.25, 0.3) is 0 Å². The van der Waals surface area contributed by atoms with Crippen molar-refractivity contribution in [3.8, 4) is 0 Å². The number of ketones is 1. The topological polar surface area (TPSA) is 77.8 Å². The third kappa shape index (κ3) is 3.47. The SMILES string of the molecule is CC(C)=CCC1=C(O)C(C(=O)CC(C)C)=C(O)C1O. The Morgan fingerprint density at radius 3 is 2.37 bits per heavy atom. The molecule has 0 radical (unpaired) electrons. The smallest absolute Gasteiger partial charge is 0.170 e. The van der Waals surface area contributed by atoms with Gasteiger partial charge in [0.15, 0.2) is 5.78 Å². The highest BCUT2D eigenvalue weighted by Crippen LogP contribution is 2.33. The van der Waals surface area contributed by atoms with E-state index in [1.807, 2.05) is 33.8 Å². The van der Waals surface area contributed by atoms with Gasteiger partial charge in [-0.2, -0.15) is 0 Å². The van der Waals surface area contributed by atoms with E-state index in [-0.39, 0.29) is 35.0 Å². The van der Waals surface area contributed by atoms with Gasteiger partial charge < -0.3 is 15.3 Å². The summed E-state index contributed by atoms with van der Waals surface area (Å²) >= 11 is 0. The van der Waals surface area contributed by atoms with Crippen molar-refractivity contribution in [1.29, 1.82) is 0 Å². The van der Waals surface area contributed by atoms with Crippen molar-refractivity contribution in [3.05, 3.63) is 34.3 Å². The first-order chi connectivity index (χ1) is 8.75. The summed E-state index contributed by atoms with van der Waals surface area (Å²) in [7, 11) is 0. The van der Waals surface area contributed by atoms with Crippen molar-refractivity contribution in [2.75, 3.05) is 0 Å². The average Bonchev–Trinajstić information content (AvgIpc) is 2.47. The summed E-state index contributed by atoms with van der Waals surface area (Å²) in [5, 5.41) is 29.8. The van der Waals surface area contributed by atoms with Crippen LogP contribution >= 0.6 is 0 Å². The van der Waals surface area contributed by atoms with E-state index in [1.54, 1.807) is 0 Å². The Morgan fingerprint density at radius 2 is 1.89 bits per heavy atom. The summed E-state index contributed by atoms with van der Waals surface area (Å²) in [6, 6.07) is 0. The summed E-state index contributed by atoms with van der Waals surface area (Å²) in [4.78, 5) is 12.0. The van der Waals surface area contributed by atoms with Gasteiger partial charge >= 0.3 is 0 Å². The molecule has 106 valence electrons. The number of aliphatic hydroxyl groups excluding tert-OH is 3. The fraction of sp³-hybridized carbons (Fsp3) is 0.533. The molecular formula is C15H22O4. The predicted octanol–water partition coefficient (Wildman–Crippen LogP) is 2.96. The van der Waals surface area contributed by atoms with Crippen LogP contribution in [0.1, 0.15) is 40.5 Å². The Bertz CT molecular complexity index is 463. The third-order valence-corrected chi connectivity index (χ3v) is 2.99. The lowest BCUT2D eigenvalue weighted by Crippen LogP contribution is -2.12. The van der Waals surface area contributed by atoms with Gasteiger partial charge in [-0.25, -0.2) is 0 Å². The molecule has 0 saturated carbocycles. The zero-order chi connectivity index (χ0) is 14.7. The molecule has 1 atom stereocenters. The monoisotopic (exact) mass is 266 g/mol. The second-order valence-electron chi connectivity index (χ2n) is 5.54. The number of hydrogen-bond donors (Lipinski definition) is 3. The van der Waals surface area contributed by atoms with Gasteiger partial charge in [0.2, 0.25) is 0 Å². The molecule has 0 spiro atoms. The van der Waals surface area contributed by atoms with E-state index in [0.29, 0.717) is 6.42 Å². The molecule has 0 aromatic carbocycles. The predicted molar refractivity (Wildman–Crippen MR) is 73.8 cm³/mol. The molecule has 19 heavy (non-hydrogen) atoms. The Morgan fingerprint density at radius 1 is 1.32 bits per heavy atom. The van der Waals surface area contributed by atoms with Gasteiger partial charge in [-0.05, 0) is 26.2 Å². The van der Waals surface area contributed by atoms with Gasteiger partial charge in [0, 0.05) is 12.0 Å². The van der Waals surface area contributed by atoms with E-state index in [0.717, 1.165) is 5.57 Å². The van der Waals surface area contributed by atoms with Gasteiger partial charge in [0.25, 0.3) is 0 Å². The minimum atomic E-state index is -1.28. The van der Waals surface area contributed by atoms with E-state index in [1.165, 1.54) is 0 Å². The van der Waals surface area contributed by atoms with Crippen molar-refractivity contribution < 1.29 is 20.1 Å². The van der Waals surface area contributed by atoms with Gasteiger partial charge in [0.05, 0.1) is 5.57 Å². The first kappa shape index (κ1) is 15.5. The second kappa shape index (κ2) is 6.06. The van der Waals surface area contributed by atoms with E-state index in [4.69, 9.17) is 0 Å². The van der Waals surface area contributed by atoms with Crippen molar-refractivity contribution in [2.24, 2.45) is 5.92 Å². The molecule has 0 bridgehead atoms. The lowest BCUT2D eigenvalue weighted by molar-refractivity contribution is -0.116. The maximum absolute atomic E-state index is 12.0. The van der Waals surface area contributed by atoms with Crippen molar-refractivity contribution >= 4 is 5.78 Å². The summed E-state index contributed by atoms with van der Waals surface area (Å²) < 4.78 is 0. The van der Waals surface area contributed by atoms with Gasteiger partial charge in [-0.1, -0.05) is 25.5 Å². The molecular weight excluding hydrogens is 244 g/mol. The highest BCUT2D eigenvalue weighted by atomic mass is 16.3. The highest BCUT2D eigenvalue weighted by molar-refractivity contribution is 6.00.